The minimum Gasteiger partial charge on any atom is -0.306 e. The molecule has 0 aromatic heterocycles. The van der Waals surface area contributed by atoms with Crippen LogP contribution in [0, 0.1) is 6.92 Å². The Labute approximate surface area is 93.2 Å². The van der Waals surface area contributed by atoms with Crippen molar-refractivity contribution < 1.29 is 26.3 Å². The number of nitrogens with two attached hydrogens (primary N) is 1. The van der Waals surface area contributed by atoms with Crippen LogP contribution in [0.15, 0.2) is 24.3 Å². The summed E-state index contributed by atoms with van der Waals surface area (Å²) in [6.07, 6.45) is -11.2. The van der Waals surface area contributed by atoms with Crippen LogP contribution < -0.4 is 5.73 Å². The molecule has 0 bridgehead atoms. The summed E-state index contributed by atoms with van der Waals surface area (Å²) in [6, 6.07) is 3.76. The van der Waals surface area contributed by atoms with Crippen molar-refractivity contribution in [1.82, 2.24) is 0 Å². The molecule has 0 saturated carbocycles. The molecule has 0 saturated heterocycles. The molecule has 0 atom stereocenters. The van der Waals surface area contributed by atoms with E-state index in [4.69, 9.17) is 0 Å². The standard InChI is InChI=1S/C10H9F6N/c1-6-2-4-7(5-3-6)8(17,9(11,12)13)10(14,15)16/h2-5H,17H2,1H3. The first-order chi connectivity index (χ1) is 7.50. The van der Waals surface area contributed by atoms with Crippen LogP contribution in [0.25, 0.3) is 0 Å². The predicted octanol–water partition coefficient (Wildman–Crippen LogP) is 3.27. The molecule has 2 N–H and O–H groups in total. The highest BCUT2D eigenvalue weighted by molar-refractivity contribution is 5.31. The lowest BCUT2D eigenvalue weighted by molar-refractivity contribution is -0.301. The van der Waals surface area contributed by atoms with Crippen molar-refractivity contribution >= 4 is 0 Å². The molecule has 1 aromatic rings. The van der Waals surface area contributed by atoms with E-state index in [0.29, 0.717) is 5.56 Å². The van der Waals surface area contributed by atoms with Crippen molar-refractivity contribution in [3.8, 4) is 0 Å². The van der Waals surface area contributed by atoms with Crippen molar-refractivity contribution in [2.24, 2.45) is 5.73 Å². The van der Waals surface area contributed by atoms with Gasteiger partial charge < -0.3 is 5.73 Å². The van der Waals surface area contributed by atoms with Gasteiger partial charge in [0.15, 0.2) is 0 Å². The van der Waals surface area contributed by atoms with Crippen LogP contribution in [0.2, 0.25) is 0 Å². The zero-order valence-electron chi connectivity index (χ0n) is 8.65. The van der Waals surface area contributed by atoms with Gasteiger partial charge in [-0.3, -0.25) is 0 Å². The van der Waals surface area contributed by atoms with Gasteiger partial charge in [-0.05, 0) is 12.5 Å². The van der Waals surface area contributed by atoms with Crippen LogP contribution >= 0.6 is 0 Å². The van der Waals surface area contributed by atoms with Crippen molar-refractivity contribution in [2.45, 2.75) is 24.8 Å². The molecule has 0 fully saturated rings. The van der Waals surface area contributed by atoms with Gasteiger partial charge in [0.05, 0.1) is 0 Å². The molecule has 0 aliphatic rings. The second-order valence-electron chi connectivity index (χ2n) is 3.67. The number of alkyl halides is 6. The number of aryl methyl sites for hydroxylation is 1. The van der Waals surface area contributed by atoms with Gasteiger partial charge in [-0.2, -0.15) is 26.3 Å². The lowest BCUT2D eigenvalue weighted by Crippen LogP contribution is -2.60. The van der Waals surface area contributed by atoms with Crippen molar-refractivity contribution in [3.05, 3.63) is 35.4 Å². The van der Waals surface area contributed by atoms with Gasteiger partial charge in [-0.25, -0.2) is 0 Å². The third-order valence-corrected chi connectivity index (χ3v) is 2.40. The summed E-state index contributed by atoms with van der Waals surface area (Å²) in [7, 11) is 0. The number of halogens is 6. The Morgan fingerprint density at radius 3 is 1.47 bits per heavy atom. The summed E-state index contributed by atoms with van der Waals surface area (Å²) in [5.74, 6) is 0. The number of benzene rings is 1. The Hall–Kier alpha value is -1.24. The molecule has 96 valence electrons. The van der Waals surface area contributed by atoms with Crippen molar-refractivity contribution in [1.29, 1.82) is 0 Å². The molecule has 0 unspecified atom stereocenters. The van der Waals surface area contributed by atoms with Crippen LogP contribution in [-0.4, -0.2) is 12.4 Å². The maximum Gasteiger partial charge on any atom is 0.419 e. The van der Waals surface area contributed by atoms with E-state index in [2.05, 4.69) is 5.73 Å². The second-order valence-corrected chi connectivity index (χ2v) is 3.67. The first kappa shape index (κ1) is 13.8. The highest BCUT2D eigenvalue weighted by Gasteiger charge is 2.69. The van der Waals surface area contributed by atoms with Crippen LogP contribution in [0.4, 0.5) is 26.3 Å². The topological polar surface area (TPSA) is 26.0 Å². The summed E-state index contributed by atoms with van der Waals surface area (Å²) in [5.41, 5.74) is -0.249. The maximum atomic E-state index is 12.5. The first-order valence-electron chi connectivity index (χ1n) is 4.49. The Morgan fingerprint density at radius 1 is 0.824 bits per heavy atom. The van der Waals surface area contributed by atoms with Crippen molar-refractivity contribution in [2.75, 3.05) is 0 Å². The van der Waals surface area contributed by atoms with Crippen LogP contribution in [-0.2, 0) is 5.54 Å². The average molecular weight is 257 g/mol. The molecule has 0 spiro atoms. The largest absolute Gasteiger partial charge is 0.419 e. The van der Waals surface area contributed by atoms with Gasteiger partial charge in [0.2, 0.25) is 5.54 Å². The number of rotatable bonds is 1. The third kappa shape index (κ3) is 2.24. The van der Waals surface area contributed by atoms with E-state index in [0.717, 1.165) is 24.3 Å². The molecule has 17 heavy (non-hydrogen) atoms. The van der Waals surface area contributed by atoms with E-state index < -0.39 is 23.5 Å². The van der Waals surface area contributed by atoms with Gasteiger partial charge in [-0.15, -0.1) is 0 Å². The lowest BCUT2D eigenvalue weighted by Gasteiger charge is -2.34. The van der Waals surface area contributed by atoms with Gasteiger partial charge >= 0.3 is 12.4 Å². The first-order valence-corrected chi connectivity index (χ1v) is 4.49. The summed E-state index contributed by atoms with van der Waals surface area (Å²) in [4.78, 5) is 0. The summed E-state index contributed by atoms with van der Waals surface area (Å²) < 4.78 is 75.2. The average Bonchev–Trinajstić information content (AvgIpc) is 2.14. The molecule has 7 heteroatoms. The SMILES string of the molecule is Cc1ccc(C(N)(C(F)(F)F)C(F)(F)F)cc1. The van der Waals surface area contributed by atoms with E-state index >= 15 is 0 Å². The van der Waals surface area contributed by atoms with Crippen LogP contribution in [0.3, 0.4) is 0 Å². The Bertz CT molecular complexity index is 375. The minimum absolute atomic E-state index is 0.542. The van der Waals surface area contributed by atoms with E-state index in [9.17, 15) is 26.3 Å². The molecule has 1 aromatic carbocycles. The molecule has 0 amide bonds. The molecular formula is C10H9F6N. The van der Waals surface area contributed by atoms with E-state index in [1.807, 2.05) is 0 Å². The smallest absolute Gasteiger partial charge is 0.306 e. The monoisotopic (exact) mass is 257 g/mol. The zero-order chi connectivity index (χ0) is 13.5. The van der Waals surface area contributed by atoms with Gasteiger partial charge in [0.1, 0.15) is 0 Å². The molecular weight excluding hydrogens is 248 g/mol. The molecule has 0 radical (unpaired) electrons. The normalized spacial score (nSPS) is 13.9. The highest BCUT2D eigenvalue weighted by Crippen LogP contribution is 2.47. The minimum atomic E-state index is -5.61. The number of hydrogen-bond donors (Lipinski definition) is 1. The fraction of sp³-hybridized carbons (Fsp3) is 0.400. The van der Waals surface area contributed by atoms with E-state index in [-0.39, 0.29) is 0 Å². The number of hydrogen-bond acceptors (Lipinski definition) is 1. The Morgan fingerprint density at radius 2 is 1.18 bits per heavy atom. The molecule has 0 aliphatic heterocycles. The highest BCUT2D eigenvalue weighted by atomic mass is 19.4. The fourth-order valence-electron chi connectivity index (χ4n) is 1.30. The molecule has 1 rings (SSSR count). The lowest BCUT2D eigenvalue weighted by atomic mass is 9.89. The third-order valence-electron chi connectivity index (χ3n) is 2.40. The molecule has 0 aliphatic carbocycles. The van der Waals surface area contributed by atoms with Crippen molar-refractivity contribution in [3.63, 3.8) is 0 Å². The van der Waals surface area contributed by atoms with E-state index in [1.165, 1.54) is 0 Å². The Balaban J connectivity index is 3.41. The van der Waals surface area contributed by atoms with Gasteiger partial charge in [-0.1, -0.05) is 29.8 Å². The second kappa shape index (κ2) is 3.90. The van der Waals surface area contributed by atoms with Gasteiger partial charge in [0.25, 0.3) is 0 Å². The van der Waals surface area contributed by atoms with Crippen LogP contribution in [0.5, 0.6) is 0 Å². The Kier molecular flexibility index (Phi) is 3.17. The quantitative estimate of drug-likeness (QED) is 0.768. The van der Waals surface area contributed by atoms with Gasteiger partial charge in [0, 0.05) is 0 Å². The molecule has 0 heterocycles. The summed E-state index contributed by atoms with van der Waals surface area (Å²) >= 11 is 0. The maximum absolute atomic E-state index is 12.5. The van der Waals surface area contributed by atoms with Crippen LogP contribution in [0.1, 0.15) is 11.1 Å². The predicted molar refractivity (Wildman–Crippen MR) is 49.2 cm³/mol. The summed E-state index contributed by atoms with van der Waals surface area (Å²) in [5, 5.41) is 0. The fourth-order valence-corrected chi connectivity index (χ4v) is 1.30. The molecule has 1 nitrogen and oxygen atoms in total. The summed E-state index contributed by atoms with van der Waals surface area (Å²) in [6.45, 7) is 1.54. The zero-order valence-corrected chi connectivity index (χ0v) is 8.65. The van der Waals surface area contributed by atoms with E-state index in [1.54, 1.807) is 6.92 Å².